The monoisotopic (exact) mass is 256 g/mol. The third-order valence-electron chi connectivity index (χ3n) is 1.96. The standard InChI is InChI=1S/C9H9F5N2O/c1-4-6(7(10)11)2-5(3-15)8(16-4)17-9(12,13)14/h2,7H,3,15H2,1H3. The molecule has 0 aliphatic carbocycles. The number of nitrogens with two attached hydrogens (primary N) is 1. The third-order valence-corrected chi connectivity index (χ3v) is 1.96. The predicted molar refractivity (Wildman–Crippen MR) is 48.5 cm³/mol. The van der Waals surface area contributed by atoms with E-state index in [4.69, 9.17) is 5.73 Å². The van der Waals surface area contributed by atoms with Crippen molar-refractivity contribution < 1.29 is 26.7 Å². The van der Waals surface area contributed by atoms with Gasteiger partial charge < -0.3 is 10.5 Å². The second-order valence-electron chi connectivity index (χ2n) is 3.18. The zero-order valence-corrected chi connectivity index (χ0v) is 8.68. The highest BCUT2D eigenvalue weighted by Crippen LogP contribution is 2.29. The quantitative estimate of drug-likeness (QED) is 0.846. The first-order valence-electron chi connectivity index (χ1n) is 4.49. The number of aryl methyl sites for hydroxylation is 1. The molecule has 8 heteroatoms. The largest absolute Gasteiger partial charge is 0.574 e. The lowest BCUT2D eigenvalue weighted by Crippen LogP contribution is -2.20. The molecule has 0 saturated carbocycles. The van der Waals surface area contributed by atoms with Gasteiger partial charge in [-0.1, -0.05) is 0 Å². The fourth-order valence-corrected chi connectivity index (χ4v) is 1.21. The first-order chi connectivity index (χ1) is 7.74. The van der Waals surface area contributed by atoms with Crippen LogP contribution in [0.4, 0.5) is 22.0 Å². The topological polar surface area (TPSA) is 48.1 Å². The van der Waals surface area contributed by atoms with Crippen molar-refractivity contribution in [3.8, 4) is 5.88 Å². The van der Waals surface area contributed by atoms with Crippen LogP contribution in [-0.2, 0) is 6.54 Å². The Balaban J connectivity index is 3.19. The van der Waals surface area contributed by atoms with Gasteiger partial charge in [0.25, 0.3) is 6.43 Å². The number of pyridine rings is 1. The van der Waals surface area contributed by atoms with Gasteiger partial charge in [-0.2, -0.15) is 0 Å². The Labute approximate surface area is 93.4 Å². The minimum Gasteiger partial charge on any atom is -0.388 e. The van der Waals surface area contributed by atoms with Crippen LogP contribution in [0.2, 0.25) is 0 Å². The number of ether oxygens (including phenoxy) is 1. The second kappa shape index (κ2) is 4.82. The molecule has 2 N–H and O–H groups in total. The van der Waals surface area contributed by atoms with Gasteiger partial charge in [0.2, 0.25) is 5.88 Å². The maximum Gasteiger partial charge on any atom is 0.574 e. The molecular weight excluding hydrogens is 247 g/mol. The van der Waals surface area contributed by atoms with E-state index in [1.165, 1.54) is 6.92 Å². The van der Waals surface area contributed by atoms with E-state index in [1.807, 2.05) is 0 Å². The van der Waals surface area contributed by atoms with Crippen molar-refractivity contribution in [2.24, 2.45) is 5.73 Å². The molecule has 96 valence electrons. The van der Waals surface area contributed by atoms with E-state index in [0.717, 1.165) is 6.07 Å². The molecule has 1 aromatic rings. The van der Waals surface area contributed by atoms with Crippen LogP contribution in [0.5, 0.6) is 5.88 Å². The summed E-state index contributed by atoms with van der Waals surface area (Å²) >= 11 is 0. The van der Waals surface area contributed by atoms with E-state index in [9.17, 15) is 22.0 Å². The van der Waals surface area contributed by atoms with Crippen molar-refractivity contribution in [3.05, 3.63) is 22.9 Å². The van der Waals surface area contributed by atoms with Gasteiger partial charge in [-0.15, -0.1) is 13.2 Å². The summed E-state index contributed by atoms with van der Waals surface area (Å²) in [4.78, 5) is 3.35. The number of aromatic nitrogens is 1. The molecule has 1 heterocycles. The molecule has 3 nitrogen and oxygen atoms in total. The van der Waals surface area contributed by atoms with Crippen molar-refractivity contribution in [1.29, 1.82) is 0 Å². The number of rotatable bonds is 3. The van der Waals surface area contributed by atoms with E-state index < -0.39 is 24.2 Å². The van der Waals surface area contributed by atoms with Crippen molar-refractivity contribution in [3.63, 3.8) is 0 Å². The minimum atomic E-state index is -4.93. The van der Waals surface area contributed by atoms with E-state index in [0.29, 0.717) is 0 Å². The average Bonchev–Trinajstić information content (AvgIpc) is 2.14. The Bertz CT molecular complexity index is 405. The minimum absolute atomic E-state index is 0.219. The molecule has 0 unspecified atom stereocenters. The lowest BCUT2D eigenvalue weighted by atomic mass is 10.1. The van der Waals surface area contributed by atoms with Crippen LogP contribution in [0.25, 0.3) is 0 Å². The Morgan fingerprint density at radius 3 is 2.41 bits per heavy atom. The summed E-state index contributed by atoms with van der Waals surface area (Å²) in [6.07, 6.45) is -7.76. The lowest BCUT2D eigenvalue weighted by molar-refractivity contribution is -0.276. The highest BCUT2D eigenvalue weighted by atomic mass is 19.4. The van der Waals surface area contributed by atoms with Gasteiger partial charge in [-0.05, 0) is 13.0 Å². The summed E-state index contributed by atoms with van der Waals surface area (Å²) in [7, 11) is 0. The zero-order valence-electron chi connectivity index (χ0n) is 8.68. The number of hydrogen-bond acceptors (Lipinski definition) is 3. The van der Waals surface area contributed by atoms with Crippen molar-refractivity contribution in [2.75, 3.05) is 0 Å². The molecule has 0 bridgehead atoms. The maximum atomic E-state index is 12.5. The van der Waals surface area contributed by atoms with E-state index in [-0.39, 0.29) is 17.8 Å². The summed E-state index contributed by atoms with van der Waals surface area (Å²) < 4.78 is 64.5. The first kappa shape index (κ1) is 13.6. The molecule has 0 saturated heterocycles. The van der Waals surface area contributed by atoms with Gasteiger partial charge in [-0.3, -0.25) is 0 Å². The number of hydrogen-bond donors (Lipinski definition) is 1. The molecule has 0 atom stereocenters. The van der Waals surface area contributed by atoms with Gasteiger partial charge in [-0.25, -0.2) is 13.8 Å². The van der Waals surface area contributed by atoms with Crippen LogP contribution >= 0.6 is 0 Å². The molecule has 0 spiro atoms. The van der Waals surface area contributed by atoms with Crippen LogP contribution < -0.4 is 10.5 Å². The molecule has 1 aromatic heterocycles. The summed E-state index contributed by atoms with van der Waals surface area (Å²) in [6.45, 7) is 0.795. The van der Waals surface area contributed by atoms with Crippen molar-refractivity contribution >= 4 is 0 Å². The van der Waals surface area contributed by atoms with Crippen molar-refractivity contribution in [2.45, 2.75) is 26.3 Å². The SMILES string of the molecule is Cc1nc(OC(F)(F)F)c(CN)cc1C(F)F. The van der Waals surface area contributed by atoms with Crippen LogP contribution in [0.1, 0.15) is 23.2 Å². The van der Waals surface area contributed by atoms with Crippen LogP contribution in [0.15, 0.2) is 6.07 Å². The fourth-order valence-electron chi connectivity index (χ4n) is 1.21. The molecule has 0 aliphatic rings. The Kier molecular flexibility index (Phi) is 3.87. The van der Waals surface area contributed by atoms with Crippen LogP contribution in [-0.4, -0.2) is 11.3 Å². The molecular formula is C9H9F5N2O. The maximum absolute atomic E-state index is 12.5. The normalized spacial score (nSPS) is 12.0. The number of halogens is 5. The lowest BCUT2D eigenvalue weighted by Gasteiger charge is -2.14. The van der Waals surface area contributed by atoms with Crippen molar-refractivity contribution in [1.82, 2.24) is 4.98 Å². The van der Waals surface area contributed by atoms with E-state index in [2.05, 4.69) is 9.72 Å². The Morgan fingerprint density at radius 2 is 2.00 bits per heavy atom. The molecule has 17 heavy (non-hydrogen) atoms. The zero-order chi connectivity index (χ0) is 13.2. The smallest absolute Gasteiger partial charge is 0.388 e. The molecule has 0 fully saturated rings. The molecule has 0 amide bonds. The van der Waals surface area contributed by atoms with Crippen LogP contribution in [0, 0.1) is 6.92 Å². The highest BCUT2D eigenvalue weighted by Gasteiger charge is 2.33. The molecule has 0 aromatic carbocycles. The van der Waals surface area contributed by atoms with Gasteiger partial charge >= 0.3 is 6.36 Å². The fraction of sp³-hybridized carbons (Fsp3) is 0.444. The molecule has 0 aliphatic heterocycles. The summed E-state index contributed by atoms with van der Waals surface area (Å²) in [6, 6.07) is 0.869. The predicted octanol–water partition coefficient (Wildman–Crippen LogP) is 2.68. The molecule has 1 rings (SSSR count). The Hall–Kier alpha value is -1.44. The average molecular weight is 256 g/mol. The Morgan fingerprint density at radius 1 is 1.41 bits per heavy atom. The van der Waals surface area contributed by atoms with Gasteiger partial charge in [0.15, 0.2) is 0 Å². The van der Waals surface area contributed by atoms with E-state index >= 15 is 0 Å². The summed E-state index contributed by atoms with van der Waals surface area (Å²) in [5.41, 5.74) is 4.25. The molecule has 0 radical (unpaired) electrons. The summed E-state index contributed by atoms with van der Waals surface area (Å²) in [5.74, 6) is -0.790. The number of nitrogens with zero attached hydrogens (tertiary/aromatic N) is 1. The number of alkyl halides is 5. The van der Waals surface area contributed by atoms with Gasteiger partial charge in [0.1, 0.15) is 0 Å². The van der Waals surface area contributed by atoms with Crippen LogP contribution in [0.3, 0.4) is 0 Å². The van der Waals surface area contributed by atoms with Gasteiger partial charge in [0.05, 0.1) is 5.69 Å². The third kappa shape index (κ3) is 3.52. The van der Waals surface area contributed by atoms with E-state index in [1.54, 1.807) is 0 Å². The van der Waals surface area contributed by atoms with Gasteiger partial charge in [0, 0.05) is 17.7 Å². The first-order valence-corrected chi connectivity index (χ1v) is 4.49. The highest BCUT2D eigenvalue weighted by molar-refractivity contribution is 5.34. The summed E-state index contributed by atoms with van der Waals surface area (Å²) in [5, 5.41) is 0. The second-order valence-corrected chi connectivity index (χ2v) is 3.18.